The Morgan fingerprint density at radius 2 is 2.15 bits per heavy atom. The Hall–Kier alpha value is -3.48. The van der Waals surface area contributed by atoms with Crippen LogP contribution in [0.25, 0.3) is 11.0 Å². The normalized spacial score (nSPS) is 16.4. The number of aryl methyl sites for hydroxylation is 1. The lowest BCUT2D eigenvalue weighted by Gasteiger charge is -2.18. The fraction of sp³-hybridized carbons (Fsp3) is 0.476. The molecule has 0 unspecified atom stereocenters. The lowest BCUT2D eigenvalue weighted by atomic mass is 10.1. The van der Waals surface area contributed by atoms with Gasteiger partial charge in [-0.15, -0.1) is 0 Å². The molecule has 0 amide bonds. The number of fused-ring (bicyclic) bond motifs is 1. The van der Waals surface area contributed by atoms with Crippen molar-refractivity contribution in [1.82, 2.24) is 24.7 Å². The zero-order valence-corrected chi connectivity index (χ0v) is 18.4. The van der Waals surface area contributed by atoms with E-state index in [2.05, 4.69) is 25.4 Å². The third kappa shape index (κ3) is 5.35. The summed E-state index contributed by atoms with van der Waals surface area (Å²) in [5.41, 5.74) is 1.70. The Kier molecular flexibility index (Phi) is 6.82. The molecule has 34 heavy (non-hydrogen) atoms. The van der Waals surface area contributed by atoms with Crippen molar-refractivity contribution in [3.05, 3.63) is 30.1 Å². The summed E-state index contributed by atoms with van der Waals surface area (Å²) in [6.07, 6.45) is -1.78. The van der Waals surface area contributed by atoms with E-state index in [0.29, 0.717) is 53.7 Å². The number of nitrogens with one attached hydrogen (secondary N) is 1. The lowest BCUT2D eigenvalue weighted by molar-refractivity contribution is -0.174. The standard InChI is InChI=1S/C21H24F3N7O3/c1-2-14-16-17(31(29-14)9-10-34-12-21(22,23)24)18(26-15-5-3-4-7-25-15)28-20(27-16)30-8-6-13(11-30)19(32)33/h3-5,7,13H,2,6,8-12H2,1H3,(H,32,33)(H,25,26,27,28)/t13-/m0/s1. The van der Waals surface area contributed by atoms with Crippen LogP contribution in [-0.4, -0.2) is 68.3 Å². The molecular formula is C21H24F3N7O3. The largest absolute Gasteiger partial charge is 0.481 e. The van der Waals surface area contributed by atoms with Gasteiger partial charge in [0.05, 0.1) is 24.8 Å². The second kappa shape index (κ2) is 9.79. The van der Waals surface area contributed by atoms with Crippen LogP contribution in [-0.2, 0) is 22.5 Å². The Labute approximate surface area is 192 Å². The third-order valence-corrected chi connectivity index (χ3v) is 5.42. The molecule has 4 rings (SSSR count). The Bertz CT molecular complexity index is 1150. The number of anilines is 3. The molecule has 10 nitrogen and oxygen atoms in total. The van der Waals surface area contributed by atoms with Crippen LogP contribution in [0.5, 0.6) is 0 Å². The fourth-order valence-electron chi connectivity index (χ4n) is 3.80. The van der Waals surface area contributed by atoms with Gasteiger partial charge in [-0.25, -0.2) is 9.97 Å². The predicted molar refractivity (Wildman–Crippen MR) is 117 cm³/mol. The number of nitrogens with zero attached hydrogens (tertiary/aromatic N) is 6. The Balaban J connectivity index is 1.71. The fourth-order valence-corrected chi connectivity index (χ4v) is 3.80. The molecule has 0 saturated carbocycles. The van der Waals surface area contributed by atoms with Gasteiger partial charge in [-0.1, -0.05) is 13.0 Å². The summed E-state index contributed by atoms with van der Waals surface area (Å²) in [6.45, 7) is 1.20. The molecule has 182 valence electrons. The number of carbonyl (C=O) groups is 1. The summed E-state index contributed by atoms with van der Waals surface area (Å²) >= 11 is 0. The van der Waals surface area contributed by atoms with Crippen molar-refractivity contribution < 1.29 is 27.8 Å². The molecule has 13 heteroatoms. The van der Waals surface area contributed by atoms with Crippen molar-refractivity contribution in [3.63, 3.8) is 0 Å². The number of halogens is 3. The van der Waals surface area contributed by atoms with Crippen molar-refractivity contribution in [2.45, 2.75) is 32.5 Å². The van der Waals surface area contributed by atoms with Crippen LogP contribution < -0.4 is 10.2 Å². The topological polar surface area (TPSA) is 118 Å². The molecule has 1 atom stereocenters. The summed E-state index contributed by atoms with van der Waals surface area (Å²) in [6, 6.07) is 5.31. The van der Waals surface area contributed by atoms with Gasteiger partial charge in [0, 0.05) is 19.3 Å². The van der Waals surface area contributed by atoms with Crippen LogP contribution in [0.15, 0.2) is 24.4 Å². The molecule has 3 aromatic rings. The number of hydrogen-bond acceptors (Lipinski definition) is 8. The first-order valence-electron chi connectivity index (χ1n) is 10.8. The molecule has 0 radical (unpaired) electrons. The zero-order chi connectivity index (χ0) is 24.3. The number of rotatable bonds is 9. The molecule has 2 N–H and O–H groups in total. The first-order valence-corrected chi connectivity index (χ1v) is 10.8. The molecule has 0 spiro atoms. The van der Waals surface area contributed by atoms with Crippen molar-refractivity contribution in [2.24, 2.45) is 5.92 Å². The molecule has 0 bridgehead atoms. The van der Waals surface area contributed by atoms with Crippen molar-refractivity contribution in [1.29, 1.82) is 0 Å². The minimum absolute atomic E-state index is 0.0665. The summed E-state index contributed by atoms with van der Waals surface area (Å²) in [4.78, 5) is 26.8. The molecule has 3 aromatic heterocycles. The second-order valence-corrected chi connectivity index (χ2v) is 7.87. The molecule has 1 aliphatic heterocycles. The van der Waals surface area contributed by atoms with Gasteiger partial charge in [-0.05, 0) is 25.0 Å². The van der Waals surface area contributed by atoms with E-state index in [-0.39, 0.29) is 19.7 Å². The highest BCUT2D eigenvalue weighted by atomic mass is 19.4. The van der Waals surface area contributed by atoms with Crippen LogP contribution >= 0.6 is 0 Å². The second-order valence-electron chi connectivity index (χ2n) is 7.87. The first-order chi connectivity index (χ1) is 16.2. The zero-order valence-electron chi connectivity index (χ0n) is 18.4. The van der Waals surface area contributed by atoms with E-state index in [9.17, 15) is 23.1 Å². The number of aromatic nitrogens is 5. The molecule has 0 aliphatic carbocycles. The summed E-state index contributed by atoms with van der Waals surface area (Å²) in [7, 11) is 0. The number of carboxylic acids is 1. The van der Waals surface area contributed by atoms with E-state index in [1.54, 1.807) is 24.4 Å². The van der Waals surface area contributed by atoms with Gasteiger partial charge >= 0.3 is 12.1 Å². The van der Waals surface area contributed by atoms with Crippen LogP contribution in [0.3, 0.4) is 0 Å². The van der Waals surface area contributed by atoms with Gasteiger partial charge in [0.2, 0.25) is 5.95 Å². The van der Waals surface area contributed by atoms with Gasteiger partial charge in [-0.2, -0.15) is 23.3 Å². The molecule has 1 fully saturated rings. The number of ether oxygens (including phenoxy) is 1. The highest BCUT2D eigenvalue weighted by Gasteiger charge is 2.31. The average Bonchev–Trinajstić information content (AvgIpc) is 3.42. The van der Waals surface area contributed by atoms with Gasteiger partial charge in [0.1, 0.15) is 23.5 Å². The average molecular weight is 479 g/mol. The summed E-state index contributed by atoms with van der Waals surface area (Å²) in [5.74, 6) is -0.128. The highest BCUT2D eigenvalue weighted by Crippen LogP contribution is 2.30. The molecule has 1 aliphatic rings. The number of alkyl halides is 3. The predicted octanol–water partition coefficient (Wildman–Crippen LogP) is 3.02. The maximum atomic E-state index is 12.4. The Morgan fingerprint density at radius 1 is 1.32 bits per heavy atom. The molecule has 1 saturated heterocycles. The van der Waals surface area contributed by atoms with E-state index in [1.807, 2.05) is 11.8 Å². The van der Waals surface area contributed by atoms with E-state index in [4.69, 9.17) is 4.74 Å². The van der Waals surface area contributed by atoms with E-state index in [0.717, 1.165) is 0 Å². The van der Waals surface area contributed by atoms with Crippen molar-refractivity contribution in [2.75, 3.05) is 36.5 Å². The third-order valence-electron chi connectivity index (χ3n) is 5.42. The highest BCUT2D eigenvalue weighted by molar-refractivity contribution is 5.90. The van der Waals surface area contributed by atoms with Gasteiger partial charge in [-0.3, -0.25) is 9.48 Å². The molecule has 0 aromatic carbocycles. The van der Waals surface area contributed by atoms with Crippen LogP contribution in [0, 0.1) is 5.92 Å². The number of hydrogen-bond donors (Lipinski definition) is 2. The molecular weight excluding hydrogens is 455 g/mol. The quantitative estimate of drug-likeness (QED) is 0.447. The smallest absolute Gasteiger partial charge is 0.411 e. The SMILES string of the molecule is CCc1nn(CCOCC(F)(F)F)c2c(Nc3ccccn3)nc(N3CC[C@H](C(=O)O)C3)nc12. The summed E-state index contributed by atoms with van der Waals surface area (Å²) < 4.78 is 43.6. The van der Waals surface area contributed by atoms with Gasteiger partial charge in [0.15, 0.2) is 5.82 Å². The maximum Gasteiger partial charge on any atom is 0.411 e. The first kappa shape index (κ1) is 23.7. The van der Waals surface area contributed by atoms with Crippen LogP contribution in [0.2, 0.25) is 0 Å². The lowest BCUT2D eigenvalue weighted by Crippen LogP contribution is -2.25. The monoisotopic (exact) mass is 479 g/mol. The van der Waals surface area contributed by atoms with E-state index >= 15 is 0 Å². The Morgan fingerprint density at radius 3 is 2.79 bits per heavy atom. The number of pyridine rings is 1. The van der Waals surface area contributed by atoms with Crippen molar-refractivity contribution >= 4 is 34.6 Å². The minimum Gasteiger partial charge on any atom is -0.481 e. The summed E-state index contributed by atoms with van der Waals surface area (Å²) in [5, 5.41) is 17.0. The van der Waals surface area contributed by atoms with Crippen LogP contribution in [0.1, 0.15) is 19.0 Å². The van der Waals surface area contributed by atoms with Crippen LogP contribution in [0.4, 0.5) is 30.8 Å². The molecule has 4 heterocycles. The van der Waals surface area contributed by atoms with E-state index in [1.165, 1.54) is 4.68 Å². The number of carboxylic acid groups (broad SMARTS) is 1. The van der Waals surface area contributed by atoms with Gasteiger partial charge in [0.25, 0.3) is 0 Å². The maximum absolute atomic E-state index is 12.4. The van der Waals surface area contributed by atoms with Crippen molar-refractivity contribution in [3.8, 4) is 0 Å². The van der Waals surface area contributed by atoms with Gasteiger partial charge < -0.3 is 20.1 Å². The number of aliphatic carboxylic acids is 1. The van der Waals surface area contributed by atoms with E-state index < -0.39 is 24.7 Å². The minimum atomic E-state index is -4.41.